The van der Waals surface area contributed by atoms with Gasteiger partial charge in [0.1, 0.15) is 0 Å². The van der Waals surface area contributed by atoms with Crippen LogP contribution in [-0.2, 0) is 4.74 Å². The fourth-order valence-electron chi connectivity index (χ4n) is 2.39. The van der Waals surface area contributed by atoms with Crippen molar-refractivity contribution in [3.8, 4) is 0 Å². The molecule has 2 N–H and O–H groups in total. The van der Waals surface area contributed by atoms with Gasteiger partial charge in [0.25, 0.3) is 0 Å². The van der Waals surface area contributed by atoms with Crippen molar-refractivity contribution in [1.29, 1.82) is 0 Å². The molecule has 4 nitrogen and oxygen atoms in total. The second kappa shape index (κ2) is 5.47. The first-order chi connectivity index (χ1) is 8.30. The first kappa shape index (κ1) is 15.3. The molecule has 0 bridgehead atoms. The monoisotopic (exact) mass is 255 g/mol. The van der Waals surface area contributed by atoms with Gasteiger partial charge in [-0.05, 0) is 26.7 Å². The average Bonchev–Trinajstić information content (AvgIpc) is 2.36. The highest BCUT2D eigenvalue weighted by atomic mass is 16.5. The predicted molar refractivity (Wildman–Crippen MR) is 77.0 cm³/mol. The van der Waals surface area contributed by atoms with Crippen molar-refractivity contribution >= 4 is 5.96 Å². The lowest BCUT2D eigenvalue weighted by Gasteiger charge is -2.59. The number of methoxy groups -OCH3 is 1. The van der Waals surface area contributed by atoms with Crippen LogP contribution in [0.5, 0.6) is 0 Å². The number of aliphatic imine (C=N–C) groups is 1. The van der Waals surface area contributed by atoms with Crippen LogP contribution < -0.4 is 10.6 Å². The van der Waals surface area contributed by atoms with Gasteiger partial charge in [-0.1, -0.05) is 20.8 Å². The first-order valence-corrected chi connectivity index (χ1v) is 6.85. The molecule has 1 aliphatic rings. The molecule has 4 heteroatoms. The van der Waals surface area contributed by atoms with Crippen LogP contribution in [0.3, 0.4) is 0 Å². The SMILES string of the molecule is CCC(C)NC(=NC)NC1CC(C)(OC)C1(C)C. The first-order valence-electron chi connectivity index (χ1n) is 6.85. The van der Waals surface area contributed by atoms with Crippen LogP contribution in [0.4, 0.5) is 0 Å². The van der Waals surface area contributed by atoms with E-state index in [0.717, 1.165) is 18.8 Å². The molecule has 0 heterocycles. The second-order valence-electron chi connectivity index (χ2n) is 6.08. The van der Waals surface area contributed by atoms with Gasteiger partial charge in [0, 0.05) is 31.7 Å². The zero-order chi connectivity index (χ0) is 14.0. The van der Waals surface area contributed by atoms with Crippen molar-refractivity contribution in [2.45, 2.75) is 65.1 Å². The Morgan fingerprint density at radius 2 is 2.06 bits per heavy atom. The van der Waals surface area contributed by atoms with E-state index in [2.05, 4.69) is 50.2 Å². The summed E-state index contributed by atoms with van der Waals surface area (Å²) in [7, 11) is 3.61. The highest BCUT2D eigenvalue weighted by molar-refractivity contribution is 5.80. The van der Waals surface area contributed by atoms with Crippen LogP contribution in [-0.4, -0.2) is 37.8 Å². The standard InChI is InChI=1S/C14H29N3O/c1-8-10(2)16-12(15-6)17-11-9-14(5,18-7)13(11,3)4/h10-11H,8-9H2,1-7H3,(H2,15,16,17). The van der Waals surface area contributed by atoms with Crippen molar-refractivity contribution < 1.29 is 4.74 Å². The summed E-state index contributed by atoms with van der Waals surface area (Å²) in [4.78, 5) is 4.29. The maximum Gasteiger partial charge on any atom is 0.191 e. The van der Waals surface area contributed by atoms with Crippen LogP contribution >= 0.6 is 0 Å². The van der Waals surface area contributed by atoms with E-state index in [0.29, 0.717) is 12.1 Å². The Labute approximate surface area is 112 Å². The fourth-order valence-corrected chi connectivity index (χ4v) is 2.39. The van der Waals surface area contributed by atoms with E-state index in [1.807, 2.05) is 7.05 Å². The lowest BCUT2D eigenvalue weighted by atomic mass is 9.56. The van der Waals surface area contributed by atoms with Gasteiger partial charge in [-0.2, -0.15) is 0 Å². The van der Waals surface area contributed by atoms with Gasteiger partial charge >= 0.3 is 0 Å². The topological polar surface area (TPSA) is 45.7 Å². The molecule has 0 aromatic carbocycles. The highest BCUT2D eigenvalue weighted by Gasteiger charge is 2.58. The normalized spacial score (nSPS) is 32.6. The van der Waals surface area contributed by atoms with Crippen molar-refractivity contribution in [3.05, 3.63) is 0 Å². The van der Waals surface area contributed by atoms with Crippen LogP contribution in [0.25, 0.3) is 0 Å². The molecular weight excluding hydrogens is 226 g/mol. The summed E-state index contributed by atoms with van der Waals surface area (Å²) in [5, 5.41) is 6.90. The average molecular weight is 255 g/mol. The maximum absolute atomic E-state index is 5.64. The van der Waals surface area contributed by atoms with E-state index in [-0.39, 0.29) is 11.0 Å². The number of ether oxygens (including phenoxy) is 1. The Kier molecular flexibility index (Phi) is 4.65. The Bertz CT molecular complexity index is 314. The minimum atomic E-state index is -0.0418. The third kappa shape index (κ3) is 2.63. The van der Waals surface area contributed by atoms with Crippen LogP contribution in [0.15, 0.2) is 4.99 Å². The molecule has 106 valence electrons. The predicted octanol–water partition coefficient (Wildman–Crippen LogP) is 2.15. The van der Waals surface area contributed by atoms with Gasteiger partial charge in [-0.3, -0.25) is 4.99 Å². The lowest BCUT2D eigenvalue weighted by Crippen LogP contribution is -2.69. The molecule has 0 aliphatic heterocycles. The van der Waals surface area contributed by atoms with Crippen molar-refractivity contribution in [1.82, 2.24) is 10.6 Å². The Hall–Kier alpha value is -0.770. The molecule has 3 unspecified atom stereocenters. The van der Waals surface area contributed by atoms with E-state index < -0.39 is 0 Å². The summed E-state index contributed by atoms with van der Waals surface area (Å²) in [5.74, 6) is 0.889. The van der Waals surface area contributed by atoms with Crippen molar-refractivity contribution in [2.75, 3.05) is 14.2 Å². The summed E-state index contributed by atoms with van der Waals surface area (Å²) in [6, 6.07) is 0.839. The zero-order valence-electron chi connectivity index (χ0n) is 12.9. The van der Waals surface area contributed by atoms with Crippen LogP contribution in [0.2, 0.25) is 0 Å². The van der Waals surface area contributed by atoms with Crippen molar-refractivity contribution in [2.24, 2.45) is 10.4 Å². The molecule has 0 radical (unpaired) electrons. The minimum Gasteiger partial charge on any atom is -0.378 e. The van der Waals surface area contributed by atoms with Gasteiger partial charge in [-0.25, -0.2) is 0 Å². The van der Waals surface area contributed by atoms with E-state index >= 15 is 0 Å². The number of nitrogens with one attached hydrogen (secondary N) is 2. The molecule has 0 amide bonds. The van der Waals surface area contributed by atoms with Crippen LogP contribution in [0.1, 0.15) is 47.5 Å². The number of nitrogens with zero attached hydrogens (tertiary/aromatic N) is 1. The number of rotatable bonds is 4. The Morgan fingerprint density at radius 1 is 1.44 bits per heavy atom. The molecule has 0 aromatic heterocycles. The maximum atomic E-state index is 5.64. The summed E-state index contributed by atoms with van der Waals surface area (Å²) in [6.07, 6.45) is 2.10. The molecule has 1 fully saturated rings. The summed E-state index contributed by atoms with van der Waals surface area (Å²) in [6.45, 7) is 11.0. The van der Waals surface area contributed by atoms with Gasteiger partial charge < -0.3 is 15.4 Å². The van der Waals surface area contributed by atoms with Gasteiger partial charge in [0.2, 0.25) is 0 Å². The van der Waals surface area contributed by atoms with Gasteiger partial charge in [-0.15, -0.1) is 0 Å². The molecule has 1 aliphatic carbocycles. The summed E-state index contributed by atoms with van der Waals surface area (Å²) >= 11 is 0. The number of hydrogen-bond acceptors (Lipinski definition) is 2. The third-order valence-electron chi connectivity index (χ3n) is 4.81. The highest BCUT2D eigenvalue weighted by Crippen LogP contribution is 2.51. The quantitative estimate of drug-likeness (QED) is 0.598. The molecule has 0 saturated heterocycles. The summed E-state index contributed by atoms with van der Waals surface area (Å²) < 4.78 is 5.64. The molecular formula is C14H29N3O. The van der Waals surface area contributed by atoms with Gasteiger partial charge in [0.05, 0.1) is 5.60 Å². The molecule has 1 rings (SSSR count). The zero-order valence-corrected chi connectivity index (χ0v) is 12.9. The van der Waals surface area contributed by atoms with Crippen molar-refractivity contribution in [3.63, 3.8) is 0 Å². The number of guanidine groups is 1. The minimum absolute atomic E-state index is 0.0418. The largest absolute Gasteiger partial charge is 0.378 e. The molecule has 0 spiro atoms. The molecule has 0 aromatic rings. The molecule has 3 atom stereocenters. The Morgan fingerprint density at radius 3 is 2.44 bits per heavy atom. The number of hydrogen-bond donors (Lipinski definition) is 2. The van der Waals surface area contributed by atoms with Crippen LogP contribution in [0, 0.1) is 5.41 Å². The third-order valence-corrected chi connectivity index (χ3v) is 4.81. The fraction of sp³-hybridized carbons (Fsp3) is 0.929. The van der Waals surface area contributed by atoms with E-state index in [1.54, 1.807) is 7.11 Å². The van der Waals surface area contributed by atoms with E-state index in [1.165, 1.54) is 0 Å². The smallest absolute Gasteiger partial charge is 0.191 e. The van der Waals surface area contributed by atoms with E-state index in [4.69, 9.17) is 4.74 Å². The lowest BCUT2D eigenvalue weighted by molar-refractivity contribution is -0.176. The van der Waals surface area contributed by atoms with Gasteiger partial charge in [0.15, 0.2) is 5.96 Å². The second-order valence-corrected chi connectivity index (χ2v) is 6.08. The Balaban J connectivity index is 2.59. The summed E-state index contributed by atoms with van der Waals surface area (Å²) in [5.41, 5.74) is 0.0642. The molecule has 18 heavy (non-hydrogen) atoms. The van der Waals surface area contributed by atoms with E-state index in [9.17, 15) is 0 Å². The molecule has 1 saturated carbocycles.